The zero-order chi connectivity index (χ0) is 17.5. The summed E-state index contributed by atoms with van der Waals surface area (Å²) in [6.07, 6.45) is -4.35. The third kappa shape index (κ3) is 6.80. The maximum Gasteiger partial charge on any atom is 0.416 e. The Labute approximate surface area is 134 Å². The van der Waals surface area contributed by atoms with Gasteiger partial charge in [0, 0.05) is 13.1 Å². The second-order valence-corrected chi connectivity index (χ2v) is 5.54. The van der Waals surface area contributed by atoms with Crippen molar-refractivity contribution in [1.29, 1.82) is 0 Å². The van der Waals surface area contributed by atoms with Gasteiger partial charge in [0.05, 0.1) is 12.1 Å². The topological polar surface area (TPSA) is 41.6 Å². The highest BCUT2D eigenvalue weighted by atomic mass is 19.4. The monoisotopic (exact) mass is 332 g/mol. The molecule has 130 valence electrons. The van der Waals surface area contributed by atoms with Crippen LogP contribution >= 0.6 is 0 Å². The molecule has 2 amide bonds. The summed E-state index contributed by atoms with van der Waals surface area (Å²) >= 11 is 0. The average molecular weight is 332 g/mol. The van der Waals surface area contributed by atoms with Gasteiger partial charge in [-0.2, -0.15) is 13.2 Å². The third-order valence-corrected chi connectivity index (χ3v) is 3.08. The number of nitrogens with zero attached hydrogens (tertiary/aromatic N) is 1. The number of halogens is 3. The van der Waals surface area contributed by atoms with Crippen molar-refractivity contribution in [3.63, 3.8) is 0 Å². The molecule has 0 spiro atoms. The van der Waals surface area contributed by atoms with Crippen LogP contribution < -0.4 is 10.1 Å². The van der Waals surface area contributed by atoms with E-state index in [-0.39, 0.29) is 19.2 Å². The first-order valence-corrected chi connectivity index (χ1v) is 7.56. The maximum absolute atomic E-state index is 12.4. The minimum absolute atomic E-state index is 0.169. The van der Waals surface area contributed by atoms with E-state index < -0.39 is 11.7 Å². The molecule has 0 atom stereocenters. The molecular weight excluding hydrogens is 309 g/mol. The fourth-order valence-corrected chi connectivity index (χ4v) is 1.98. The lowest BCUT2D eigenvalue weighted by atomic mass is 10.2. The van der Waals surface area contributed by atoms with Crippen molar-refractivity contribution in [3.05, 3.63) is 29.8 Å². The number of rotatable bonds is 7. The zero-order valence-electron chi connectivity index (χ0n) is 13.6. The van der Waals surface area contributed by atoms with Crippen LogP contribution in [0, 0.1) is 5.92 Å². The Morgan fingerprint density at radius 3 is 2.35 bits per heavy atom. The quantitative estimate of drug-likeness (QED) is 0.772. The summed E-state index contributed by atoms with van der Waals surface area (Å²) in [4.78, 5) is 13.6. The van der Waals surface area contributed by atoms with Crippen molar-refractivity contribution < 1.29 is 22.7 Å². The highest BCUT2D eigenvalue weighted by Crippen LogP contribution is 2.30. The molecule has 0 fully saturated rings. The summed E-state index contributed by atoms with van der Waals surface area (Å²) in [6, 6.07) is 4.30. The van der Waals surface area contributed by atoms with Crippen LogP contribution in [0.15, 0.2) is 24.3 Å². The molecule has 0 radical (unpaired) electrons. The molecule has 1 aromatic carbocycles. The molecule has 0 saturated carbocycles. The van der Waals surface area contributed by atoms with Crippen molar-refractivity contribution in [2.24, 2.45) is 5.92 Å². The number of alkyl halides is 3. The van der Waals surface area contributed by atoms with Gasteiger partial charge in [-0.3, -0.25) is 0 Å². The number of hydrogen-bond donors (Lipinski definition) is 1. The molecule has 1 rings (SSSR count). The van der Waals surface area contributed by atoms with E-state index in [0.717, 1.165) is 12.1 Å². The van der Waals surface area contributed by atoms with E-state index in [1.54, 1.807) is 4.90 Å². The summed E-state index contributed by atoms with van der Waals surface area (Å²) in [5.41, 5.74) is -0.717. The number of carbonyl (C=O) groups excluding carboxylic acids is 1. The molecule has 0 saturated heterocycles. The predicted molar refractivity (Wildman–Crippen MR) is 82.4 cm³/mol. The minimum Gasteiger partial charge on any atom is -0.492 e. The van der Waals surface area contributed by atoms with Crippen molar-refractivity contribution in [3.8, 4) is 5.75 Å². The summed E-state index contributed by atoms with van der Waals surface area (Å²) < 4.78 is 42.6. The lowest BCUT2D eigenvalue weighted by Gasteiger charge is -2.23. The van der Waals surface area contributed by atoms with Crippen LogP contribution in [0.1, 0.15) is 26.3 Å². The molecular formula is C16H23F3N2O2. The molecule has 1 aromatic rings. The number of amides is 2. The Kier molecular flexibility index (Phi) is 7.19. The van der Waals surface area contributed by atoms with E-state index in [2.05, 4.69) is 5.32 Å². The van der Waals surface area contributed by atoms with Gasteiger partial charge in [-0.25, -0.2) is 4.79 Å². The molecule has 0 aromatic heterocycles. The van der Waals surface area contributed by atoms with E-state index >= 15 is 0 Å². The SMILES string of the molecule is CCN(CC(C)C)C(=O)NCCOc1ccc(C(F)(F)F)cc1. The number of urea groups is 1. The highest BCUT2D eigenvalue weighted by Gasteiger charge is 2.29. The Morgan fingerprint density at radius 2 is 1.87 bits per heavy atom. The first-order chi connectivity index (χ1) is 10.7. The van der Waals surface area contributed by atoms with Gasteiger partial charge in [-0.1, -0.05) is 13.8 Å². The van der Waals surface area contributed by atoms with Crippen LogP contribution in [-0.4, -0.2) is 37.2 Å². The molecule has 0 bridgehead atoms. The molecule has 0 aliphatic carbocycles. The summed E-state index contributed by atoms with van der Waals surface area (Å²) in [7, 11) is 0. The summed E-state index contributed by atoms with van der Waals surface area (Å²) in [6.45, 7) is 7.73. The van der Waals surface area contributed by atoms with Gasteiger partial charge in [0.25, 0.3) is 0 Å². The summed E-state index contributed by atoms with van der Waals surface area (Å²) in [5, 5.41) is 2.73. The van der Waals surface area contributed by atoms with Gasteiger partial charge in [-0.05, 0) is 37.1 Å². The van der Waals surface area contributed by atoms with Gasteiger partial charge < -0.3 is 15.0 Å². The van der Waals surface area contributed by atoms with E-state index in [1.165, 1.54) is 12.1 Å². The van der Waals surface area contributed by atoms with Crippen LogP contribution in [0.5, 0.6) is 5.75 Å². The molecule has 4 nitrogen and oxygen atoms in total. The van der Waals surface area contributed by atoms with Gasteiger partial charge in [0.2, 0.25) is 0 Å². The van der Waals surface area contributed by atoms with Gasteiger partial charge in [-0.15, -0.1) is 0 Å². The van der Waals surface area contributed by atoms with Gasteiger partial charge in [0.1, 0.15) is 12.4 Å². The smallest absolute Gasteiger partial charge is 0.416 e. The Bertz CT molecular complexity index is 487. The molecule has 1 N–H and O–H groups in total. The summed E-state index contributed by atoms with van der Waals surface area (Å²) in [5.74, 6) is 0.714. The molecule has 23 heavy (non-hydrogen) atoms. The van der Waals surface area contributed by atoms with Crippen LogP contribution in [0.4, 0.5) is 18.0 Å². The Morgan fingerprint density at radius 1 is 1.26 bits per heavy atom. The zero-order valence-corrected chi connectivity index (χ0v) is 13.6. The van der Waals surface area contributed by atoms with E-state index in [0.29, 0.717) is 24.8 Å². The van der Waals surface area contributed by atoms with Gasteiger partial charge in [0.15, 0.2) is 0 Å². The van der Waals surface area contributed by atoms with Gasteiger partial charge >= 0.3 is 12.2 Å². The number of nitrogens with one attached hydrogen (secondary N) is 1. The fourth-order valence-electron chi connectivity index (χ4n) is 1.98. The first kappa shape index (κ1) is 19.1. The largest absolute Gasteiger partial charge is 0.492 e. The number of benzene rings is 1. The number of carbonyl (C=O) groups is 1. The molecule has 0 aliphatic rings. The average Bonchev–Trinajstić information content (AvgIpc) is 2.48. The van der Waals surface area contributed by atoms with Crippen LogP contribution in [0.3, 0.4) is 0 Å². The van der Waals surface area contributed by atoms with Crippen molar-refractivity contribution in [2.45, 2.75) is 26.9 Å². The standard InChI is InChI=1S/C16H23F3N2O2/c1-4-21(11-12(2)3)15(22)20-9-10-23-14-7-5-13(6-8-14)16(17,18)19/h5-8,12H,4,9-11H2,1-3H3,(H,20,22). The molecule has 0 heterocycles. The first-order valence-electron chi connectivity index (χ1n) is 7.56. The Balaban J connectivity index is 2.35. The lowest BCUT2D eigenvalue weighted by Crippen LogP contribution is -2.43. The number of ether oxygens (including phenoxy) is 1. The van der Waals surface area contributed by atoms with Crippen LogP contribution in [0.25, 0.3) is 0 Å². The third-order valence-electron chi connectivity index (χ3n) is 3.08. The maximum atomic E-state index is 12.4. The highest BCUT2D eigenvalue weighted by molar-refractivity contribution is 5.74. The molecule has 0 aliphatic heterocycles. The Hall–Kier alpha value is -1.92. The fraction of sp³-hybridized carbons (Fsp3) is 0.562. The normalized spacial score (nSPS) is 11.4. The second kappa shape index (κ2) is 8.64. The molecule has 0 unspecified atom stereocenters. The predicted octanol–water partition coefficient (Wildman–Crippen LogP) is 3.77. The minimum atomic E-state index is -4.35. The van der Waals surface area contributed by atoms with Crippen molar-refractivity contribution >= 4 is 6.03 Å². The van der Waals surface area contributed by atoms with Crippen LogP contribution in [0.2, 0.25) is 0 Å². The van der Waals surface area contributed by atoms with E-state index in [1.807, 2.05) is 20.8 Å². The van der Waals surface area contributed by atoms with E-state index in [4.69, 9.17) is 4.74 Å². The second-order valence-electron chi connectivity index (χ2n) is 5.54. The van der Waals surface area contributed by atoms with Crippen molar-refractivity contribution in [1.82, 2.24) is 10.2 Å². The molecule has 7 heteroatoms. The van der Waals surface area contributed by atoms with Crippen LogP contribution in [-0.2, 0) is 6.18 Å². The van der Waals surface area contributed by atoms with E-state index in [9.17, 15) is 18.0 Å². The number of hydrogen-bond acceptors (Lipinski definition) is 2. The van der Waals surface area contributed by atoms with Crippen molar-refractivity contribution in [2.75, 3.05) is 26.2 Å². The lowest BCUT2D eigenvalue weighted by molar-refractivity contribution is -0.137.